The number of aryl methyl sites for hydroxylation is 1. The number of hydrogen-bond donors (Lipinski definition) is 1. The minimum Gasteiger partial charge on any atom is -0.497 e. The number of amides is 1. The Morgan fingerprint density at radius 1 is 1.13 bits per heavy atom. The summed E-state index contributed by atoms with van der Waals surface area (Å²) in [5.41, 5.74) is 3.07. The van der Waals surface area contributed by atoms with Gasteiger partial charge in [-0.15, -0.1) is 0 Å². The molecule has 158 valence electrons. The van der Waals surface area contributed by atoms with E-state index in [4.69, 9.17) is 9.84 Å². The molecule has 4 rings (SSSR count). The number of benzene rings is 1. The molecule has 2 aromatic heterocycles. The first kappa shape index (κ1) is 20.2. The van der Waals surface area contributed by atoms with Crippen molar-refractivity contribution in [1.82, 2.24) is 24.6 Å². The van der Waals surface area contributed by atoms with Crippen LogP contribution in [-0.2, 0) is 7.05 Å². The van der Waals surface area contributed by atoms with Crippen LogP contribution in [-0.4, -0.2) is 58.4 Å². The molecular formula is C23H29N5O2. The Morgan fingerprint density at radius 3 is 2.57 bits per heavy atom. The number of ether oxygens (including phenoxy) is 1. The number of nitrogens with zero attached hydrogens (tertiary/aromatic N) is 4. The van der Waals surface area contributed by atoms with E-state index in [1.54, 1.807) is 11.8 Å². The highest BCUT2D eigenvalue weighted by Crippen LogP contribution is 2.23. The van der Waals surface area contributed by atoms with E-state index in [9.17, 15) is 4.79 Å². The normalized spacial score (nSPS) is 14.6. The topological polar surface area (TPSA) is 64.3 Å². The van der Waals surface area contributed by atoms with Crippen LogP contribution in [0.15, 0.2) is 48.7 Å². The molecule has 30 heavy (non-hydrogen) atoms. The van der Waals surface area contributed by atoms with Crippen LogP contribution in [0.2, 0.25) is 0 Å². The third-order valence-electron chi connectivity index (χ3n) is 5.63. The SMILES string of the molecule is COc1ccc(-n2nc(-c3cccn3C)cc2C(=O)NCCN2CCCCC2)cc1. The molecule has 1 aliphatic rings. The molecule has 0 aliphatic carbocycles. The smallest absolute Gasteiger partial charge is 0.270 e. The molecule has 0 spiro atoms. The molecule has 1 aliphatic heterocycles. The third-order valence-corrected chi connectivity index (χ3v) is 5.63. The number of aromatic nitrogens is 3. The van der Waals surface area contributed by atoms with Crippen LogP contribution in [0.5, 0.6) is 5.75 Å². The van der Waals surface area contributed by atoms with Crippen LogP contribution in [0, 0.1) is 0 Å². The number of rotatable bonds is 7. The lowest BCUT2D eigenvalue weighted by atomic mass is 10.1. The zero-order valence-electron chi connectivity index (χ0n) is 17.7. The highest BCUT2D eigenvalue weighted by atomic mass is 16.5. The van der Waals surface area contributed by atoms with Crippen molar-refractivity contribution in [3.8, 4) is 22.8 Å². The summed E-state index contributed by atoms with van der Waals surface area (Å²) in [5.74, 6) is 0.650. The Kier molecular flexibility index (Phi) is 6.18. The summed E-state index contributed by atoms with van der Waals surface area (Å²) in [4.78, 5) is 15.5. The average Bonchev–Trinajstić information content (AvgIpc) is 3.41. The average molecular weight is 408 g/mol. The molecule has 0 unspecified atom stereocenters. The van der Waals surface area contributed by atoms with Gasteiger partial charge in [-0.2, -0.15) is 5.10 Å². The second-order valence-corrected chi connectivity index (χ2v) is 7.69. The fourth-order valence-corrected chi connectivity index (χ4v) is 3.92. The lowest BCUT2D eigenvalue weighted by molar-refractivity contribution is 0.0939. The van der Waals surface area contributed by atoms with Crippen molar-refractivity contribution >= 4 is 5.91 Å². The molecule has 3 heterocycles. The molecule has 1 aromatic carbocycles. The van der Waals surface area contributed by atoms with Crippen LogP contribution in [0.3, 0.4) is 0 Å². The first-order valence-electron chi connectivity index (χ1n) is 10.5. The Labute approximate surface area is 177 Å². The number of nitrogens with one attached hydrogen (secondary N) is 1. The number of likely N-dealkylation sites (tertiary alicyclic amines) is 1. The molecule has 1 N–H and O–H groups in total. The lowest BCUT2D eigenvalue weighted by Crippen LogP contribution is -2.38. The van der Waals surface area contributed by atoms with Crippen LogP contribution in [0.25, 0.3) is 17.1 Å². The second-order valence-electron chi connectivity index (χ2n) is 7.69. The Bertz CT molecular complexity index is 983. The number of piperidine rings is 1. The maximum Gasteiger partial charge on any atom is 0.270 e. The Morgan fingerprint density at radius 2 is 1.90 bits per heavy atom. The number of carbonyl (C=O) groups excluding carboxylic acids is 1. The standard InChI is InChI=1S/C23H29N5O2/c1-26-13-6-7-21(26)20-17-22(23(29)24-12-16-27-14-4-3-5-15-27)28(25-20)18-8-10-19(30-2)11-9-18/h6-11,13,17H,3-5,12,14-16H2,1-2H3,(H,24,29). The van der Waals surface area contributed by atoms with Gasteiger partial charge in [-0.1, -0.05) is 6.42 Å². The van der Waals surface area contributed by atoms with Gasteiger partial charge in [0.1, 0.15) is 17.1 Å². The van der Waals surface area contributed by atoms with Crippen LogP contribution >= 0.6 is 0 Å². The van der Waals surface area contributed by atoms with Crippen molar-refractivity contribution in [3.05, 3.63) is 54.4 Å². The van der Waals surface area contributed by atoms with Crippen LogP contribution < -0.4 is 10.1 Å². The van der Waals surface area contributed by atoms with E-state index in [0.717, 1.165) is 42.5 Å². The van der Waals surface area contributed by atoms with E-state index in [0.29, 0.717) is 12.2 Å². The Balaban J connectivity index is 1.56. The summed E-state index contributed by atoms with van der Waals surface area (Å²) in [7, 11) is 3.61. The number of carbonyl (C=O) groups is 1. The highest BCUT2D eigenvalue weighted by molar-refractivity contribution is 5.94. The summed E-state index contributed by atoms with van der Waals surface area (Å²) < 4.78 is 8.96. The molecule has 0 atom stereocenters. The first-order chi connectivity index (χ1) is 14.7. The first-order valence-corrected chi connectivity index (χ1v) is 10.5. The van der Waals surface area contributed by atoms with E-state index in [-0.39, 0.29) is 5.91 Å². The van der Waals surface area contributed by atoms with Gasteiger partial charge in [0, 0.05) is 26.3 Å². The number of hydrogen-bond acceptors (Lipinski definition) is 4. The second kappa shape index (κ2) is 9.17. The zero-order valence-corrected chi connectivity index (χ0v) is 17.7. The van der Waals surface area contributed by atoms with Gasteiger partial charge < -0.3 is 19.5 Å². The van der Waals surface area contributed by atoms with E-state index in [1.165, 1.54) is 19.3 Å². The molecule has 1 fully saturated rings. The molecule has 1 saturated heterocycles. The fourth-order valence-electron chi connectivity index (χ4n) is 3.92. The highest BCUT2D eigenvalue weighted by Gasteiger charge is 2.19. The van der Waals surface area contributed by atoms with E-state index in [2.05, 4.69) is 10.2 Å². The van der Waals surface area contributed by atoms with Crippen molar-refractivity contribution < 1.29 is 9.53 Å². The van der Waals surface area contributed by atoms with Gasteiger partial charge in [0.2, 0.25) is 0 Å². The van der Waals surface area contributed by atoms with Crippen LogP contribution in [0.1, 0.15) is 29.8 Å². The fraction of sp³-hybridized carbons (Fsp3) is 0.391. The molecule has 7 nitrogen and oxygen atoms in total. The van der Waals surface area contributed by atoms with Crippen molar-refractivity contribution in [2.75, 3.05) is 33.3 Å². The van der Waals surface area contributed by atoms with Crippen molar-refractivity contribution in [2.24, 2.45) is 7.05 Å². The maximum absolute atomic E-state index is 13.0. The van der Waals surface area contributed by atoms with Gasteiger partial charge in [0.15, 0.2) is 0 Å². The Hall–Kier alpha value is -3.06. The van der Waals surface area contributed by atoms with Gasteiger partial charge in [-0.05, 0) is 68.4 Å². The molecule has 0 radical (unpaired) electrons. The predicted octanol–water partition coefficient (Wildman–Crippen LogP) is 3.10. The number of methoxy groups -OCH3 is 1. The molecule has 0 saturated carbocycles. The summed E-state index contributed by atoms with van der Waals surface area (Å²) in [6.07, 6.45) is 5.78. The molecule has 1 amide bonds. The molecule has 0 bridgehead atoms. The summed E-state index contributed by atoms with van der Waals surface area (Å²) in [5, 5.41) is 7.82. The molecule has 3 aromatic rings. The summed E-state index contributed by atoms with van der Waals surface area (Å²) in [6, 6.07) is 13.4. The lowest BCUT2D eigenvalue weighted by Gasteiger charge is -2.26. The van der Waals surface area contributed by atoms with Gasteiger partial charge in [0.25, 0.3) is 5.91 Å². The predicted molar refractivity (Wildman–Crippen MR) is 117 cm³/mol. The maximum atomic E-state index is 13.0. The van der Waals surface area contributed by atoms with Gasteiger partial charge >= 0.3 is 0 Å². The summed E-state index contributed by atoms with van der Waals surface area (Å²) in [6.45, 7) is 3.76. The minimum atomic E-state index is -0.115. The van der Waals surface area contributed by atoms with Gasteiger partial charge in [0.05, 0.1) is 18.5 Å². The molecule has 7 heteroatoms. The van der Waals surface area contributed by atoms with E-state index < -0.39 is 0 Å². The quantitative estimate of drug-likeness (QED) is 0.654. The van der Waals surface area contributed by atoms with Crippen LogP contribution in [0.4, 0.5) is 0 Å². The molecular weight excluding hydrogens is 378 g/mol. The van der Waals surface area contributed by atoms with Crippen molar-refractivity contribution in [1.29, 1.82) is 0 Å². The van der Waals surface area contributed by atoms with E-state index in [1.807, 2.05) is 60.3 Å². The monoisotopic (exact) mass is 407 g/mol. The largest absolute Gasteiger partial charge is 0.497 e. The van der Waals surface area contributed by atoms with E-state index >= 15 is 0 Å². The van der Waals surface area contributed by atoms with Gasteiger partial charge in [-0.25, -0.2) is 4.68 Å². The van der Waals surface area contributed by atoms with Crippen molar-refractivity contribution in [2.45, 2.75) is 19.3 Å². The summed E-state index contributed by atoms with van der Waals surface area (Å²) >= 11 is 0. The minimum absolute atomic E-state index is 0.115. The van der Waals surface area contributed by atoms with Gasteiger partial charge in [-0.3, -0.25) is 4.79 Å². The van der Waals surface area contributed by atoms with Crippen molar-refractivity contribution in [3.63, 3.8) is 0 Å². The zero-order chi connectivity index (χ0) is 20.9. The third kappa shape index (κ3) is 4.41.